The van der Waals surface area contributed by atoms with Gasteiger partial charge in [-0.15, -0.1) is 0 Å². The lowest BCUT2D eigenvalue weighted by Gasteiger charge is -2.07. The summed E-state index contributed by atoms with van der Waals surface area (Å²) in [6.45, 7) is 0. The lowest BCUT2D eigenvalue weighted by atomic mass is 10.1. The number of aromatic hydroxyl groups is 1. The second kappa shape index (κ2) is 3.49. The summed E-state index contributed by atoms with van der Waals surface area (Å²) in [6.07, 6.45) is -4.55. The zero-order valence-corrected chi connectivity index (χ0v) is 7.36. The lowest BCUT2D eigenvalue weighted by Crippen LogP contribution is -2.05. The van der Waals surface area contributed by atoms with Gasteiger partial charge in [0.05, 0.1) is 11.1 Å². The summed E-state index contributed by atoms with van der Waals surface area (Å²) in [5.41, 5.74) is -1.38. The zero-order valence-electron chi connectivity index (χ0n) is 6.60. The maximum Gasteiger partial charge on any atom is 0.416 e. The molecule has 0 aliphatic heterocycles. The number of hydrogen-bond acceptors (Lipinski definition) is 2. The van der Waals surface area contributed by atoms with Gasteiger partial charge in [0.2, 0.25) is 0 Å². The van der Waals surface area contributed by atoms with Crippen LogP contribution in [-0.4, -0.2) is 10.3 Å². The first kappa shape index (κ1) is 10.8. The molecule has 0 radical (unpaired) electrons. The standard InChI is InChI=1S/C8H4ClF3O2/c9-7(14)5-2-1-4(3-6(5)13)8(10,11)12/h1-3,13H. The maximum absolute atomic E-state index is 12.1. The molecule has 6 heteroatoms. The normalized spacial score (nSPS) is 11.4. The fourth-order valence-electron chi connectivity index (χ4n) is 0.874. The quantitative estimate of drug-likeness (QED) is 0.745. The van der Waals surface area contributed by atoms with Crippen LogP contribution < -0.4 is 0 Å². The van der Waals surface area contributed by atoms with Gasteiger partial charge in [-0.2, -0.15) is 13.2 Å². The highest BCUT2D eigenvalue weighted by molar-refractivity contribution is 6.68. The molecule has 0 bridgehead atoms. The Kier molecular flexibility index (Phi) is 2.71. The third kappa shape index (κ3) is 2.17. The largest absolute Gasteiger partial charge is 0.507 e. The molecule has 1 rings (SSSR count). The van der Waals surface area contributed by atoms with Crippen LogP contribution in [0.15, 0.2) is 18.2 Å². The molecule has 0 saturated heterocycles. The molecule has 0 aliphatic carbocycles. The van der Waals surface area contributed by atoms with Crippen molar-refractivity contribution in [2.45, 2.75) is 6.18 Å². The van der Waals surface area contributed by atoms with Gasteiger partial charge in [0.15, 0.2) is 0 Å². The molecule has 14 heavy (non-hydrogen) atoms. The van der Waals surface area contributed by atoms with Crippen molar-refractivity contribution < 1.29 is 23.1 Å². The molecule has 1 aromatic carbocycles. The van der Waals surface area contributed by atoms with E-state index in [1.54, 1.807) is 0 Å². The third-order valence-electron chi connectivity index (χ3n) is 1.54. The summed E-state index contributed by atoms with van der Waals surface area (Å²) >= 11 is 4.99. The van der Waals surface area contributed by atoms with E-state index in [4.69, 9.17) is 16.7 Å². The van der Waals surface area contributed by atoms with Gasteiger partial charge in [-0.25, -0.2) is 0 Å². The first-order valence-electron chi connectivity index (χ1n) is 3.42. The molecule has 0 heterocycles. The van der Waals surface area contributed by atoms with E-state index >= 15 is 0 Å². The van der Waals surface area contributed by atoms with E-state index in [1.165, 1.54) is 0 Å². The van der Waals surface area contributed by atoms with Crippen LogP contribution >= 0.6 is 11.6 Å². The van der Waals surface area contributed by atoms with Crippen molar-refractivity contribution in [1.82, 2.24) is 0 Å². The highest BCUT2D eigenvalue weighted by Gasteiger charge is 2.31. The van der Waals surface area contributed by atoms with E-state index in [1.807, 2.05) is 0 Å². The molecule has 1 N–H and O–H groups in total. The van der Waals surface area contributed by atoms with Gasteiger partial charge in [0.25, 0.3) is 5.24 Å². The van der Waals surface area contributed by atoms with E-state index in [2.05, 4.69) is 0 Å². The molecule has 76 valence electrons. The van der Waals surface area contributed by atoms with E-state index in [0.717, 1.165) is 6.07 Å². The van der Waals surface area contributed by atoms with Gasteiger partial charge in [-0.1, -0.05) is 0 Å². The number of alkyl halides is 3. The zero-order chi connectivity index (χ0) is 10.9. The van der Waals surface area contributed by atoms with Crippen molar-refractivity contribution in [3.05, 3.63) is 29.3 Å². The second-order valence-corrected chi connectivity index (χ2v) is 2.85. The van der Waals surface area contributed by atoms with Crippen LogP contribution in [0.3, 0.4) is 0 Å². The molecule has 0 unspecified atom stereocenters. The number of carbonyl (C=O) groups excluding carboxylic acids is 1. The van der Waals surface area contributed by atoms with Crippen molar-refractivity contribution >= 4 is 16.8 Å². The van der Waals surface area contributed by atoms with Crippen molar-refractivity contribution in [2.75, 3.05) is 0 Å². The minimum Gasteiger partial charge on any atom is -0.507 e. The fraction of sp³-hybridized carbons (Fsp3) is 0.125. The summed E-state index contributed by atoms with van der Waals surface area (Å²) in [4.78, 5) is 10.6. The Bertz CT molecular complexity index is 373. The Morgan fingerprint density at radius 3 is 2.29 bits per heavy atom. The van der Waals surface area contributed by atoms with Crippen LogP contribution in [0, 0.1) is 0 Å². The smallest absolute Gasteiger partial charge is 0.416 e. The molecule has 1 aromatic rings. The van der Waals surface area contributed by atoms with E-state index < -0.39 is 22.7 Å². The Morgan fingerprint density at radius 1 is 1.36 bits per heavy atom. The monoisotopic (exact) mass is 224 g/mol. The van der Waals surface area contributed by atoms with Gasteiger partial charge in [-0.3, -0.25) is 4.79 Å². The highest BCUT2D eigenvalue weighted by atomic mass is 35.5. The van der Waals surface area contributed by atoms with Crippen LogP contribution in [0.2, 0.25) is 0 Å². The van der Waals surface area contributed by atoms with Crippen LogP contribution in [0.4, 0.5) is 13.2 Å². The number of rotatable bonds is 1. The predicted molar refractivity (Wildman–Crippen MR) is 43.3 cm³/mol. The summed E-state index contributed by atoms with van der Waals surface area (Å²) in [5, 5.41) is 8.02. The first-order valence-corrected chi connectivity index (χ1v) is 3.80. The Balaban J connectivity index is 3.20. The topological polar surface area (TPSA) is 37.3 Å². The van der Waals surface area contributed by atoms with Gasteiger partial charge >= 0.3 is 6.18 Å². The molecular weight excluding hydrogens is 221 g/mol. The number of carbonyl (C=O) groups is 1. The molecule has 0 spiro atoms. The fourth-order valence-corrected chi connectivity index (χ4v) is 1.03. The van der Waals surface area contributed by atoms with Crippen LogP contribution in [0.5, 0.6) is 5.75 Å². The summed E-state index contributed by atoms with van der Waals surface area (Å²) < 4.78 is 36.2. The predicted octanol–water partition coefficient (Wildman–Crippen LogP) is 2.79. The SMILES string of the molecule is O=C(Cl)c1ccc(C(F)(F)F)cc1O. The number of halogens is 4. The molecule has 0 fully saturated rings. The minimum absolute atomic E-state index is 0.348. The van der Waals surface area contributed by atoms with Gasteiger partial charge in [0.1, 0.15) is 5.75 Å². The van der Waals surface area contributed by atoms with Crippen LogP contribution in [0.1, 0.15) is 15.9 Å². The van der Waals surface area contributed by atoms with Crippen molar-refractivity contribution in [2.24, 2.45) is 0 Å². The van der Waals surface area contributed by atoms with Gasteiger partial charge < -0.3 is 5.11 Å². The first-order chi connectivity index (χ1) is 6.32. The molecule has 0 aliphatic rings. The number of phenolic OH excluding ortho intramolecular Hbond substituents is 1. The summed E-state index contributed by atoms with van der Waals surface area (Å²) in [5.74, 6) is -0.778. The second-order valence-electron chi connectivity index (χ2n) is 2.50. The van der Waals surface area contributed by atoms with Crippen molar-refractivity contribution in [1.29, 1.82) is 0 Å². The van der Waals surface area contributed by atoms with E-state index in [-0.39, 0.29) is 5.56 Å². The molecule has 0 amide bonds. The number of hydrogen-bond donors (Lipinski definition) is 1. The molecular formula is C8H4ClF3O2. The lowest BCUT2D eigenvalue weighted by molar-refractivity contribution is -0.137. The van der Waals surface area contributed by atoms with Crippen molar-refractivity contribution in [3.63, 3.8) is 0 Å². The molecule has 0 aromatic heterocycles. The average molecular weight is 225 g/mol. The number of phenols is 1. The summed E-state index contributed by atoms with van der Waals surface area (Å²) in [6, 6.07) is 1.96. The van der Waals surface area contributed by atoms with E-state index in [0.29, 0.717) is 12.1 Å². The van der Waals surface area contributed by atoms with Crippen molar-refractivity contribution in [3.8, 4) is 5.75 Å². The minimum atomic E-state index is -4.55. The molecule has 0 saturated carbocycles. The number of benzene rings is 1. The molecule has 0 atom stereocenters. The Morgan fingerprint density at radius 2 is 1.93 bits per heavy atom. The van der Waals surface area contributed by atoms with Gasteiger partial charge in [-0.05, 0) is 29.8 Å². The third-order valence-corrected chi connectivity index (χ3v) is 1.74. The summed E-state index contributed by atoms with van der Waals surface area (Å²) in [7, 11) is 0. The Hall–Kier alpha value is -1.23. The molecule has 2 nitrogen and oxygen atoms in total. The average Bonchev–Trinajstić information content (AvgIpc) is 2.01. The Labute approximate surface area is 81.9 Å². The van der Waals surface area contributed by atoms with E-state index in [9.17, 15) is 18.0 Å². The van der Waals surface area contributed by atoms with Gasteiger partial charge in [0, 0.05) is 0 Å². The van der Waals surface area contributed by atoms with Crippen LogP contribution in [0.25, 0.3) is 0 Å². The maximum atomic E-state index is 12.1. The van der Waals surface area contributed by atoms with Crippen LogP contribution in [-0.2, 0) is 6.18 Å². The highest BCUT2D eigenvalue weighted by Crippen LogP contribution is 2.32.